The summed E-state index contributed by atoms with van der Waals surface area (Å²) in [6.45, 7) is 0. The number of fused-ring (bicyclic) bond motifs is 10. The SMILES string of the molecule is c1ccc(-c2ccc3c(c2)c2cc(-c4ccc5c(c4)c4ccccc4n5-c4ccc(-c5ccc6ccccc6c5)cc4)ccc2n3-c2ccc3c(c2)C2(c4ccccc4-3)C3CC4CC(C3)CC2C4)cc1. The maximum Gasteiger partial charge on any atom is 0.0541 e. The number of benzene rings is 10. The number of hydrogen-bond donors (Lipinski definition) is 0. The molecule has 0 N–H and O–H groups in total. The highest BCUT2D eigenvalue weighted by atomic mass is 15.0. The van der Waals surface area contributed by atoms with Crippen molar-refractivity contribution in [2.75, 3.05) is 0 Å². The average Bonchev–Trinajstić information content (AvgIpc) is 4.03. The predicted octanol–water partition coefficient (Wildman–Crippen LogP) is 17.8. The first-order valence-electron chi connectivity index (χ1n) is 25.7. The van der Waals surface area contributed by atoms with Crippen LogP contribution < -0.4 is 0 Å². The summed E-state index contributed by atoms with van der Waals surface area (Å²) in [6, 6.07) is 82.8. The third kappa shape index (κ3) is 5.45. The van der Waals surface area contributed by atoms with Crippen molar-refractivity contribution < 1.29 is 0 Å². The first-order chi connectivity index (χ1) is 34.6. The number of nitrogens with zero attached hydrogens (tertiary/aromatic N) is 2. The molecule has 70 heavy (non-hydrogen) atoms. The van der Waals surface area contributed by atoms with Gasteiger partial charge in [-0.15, -0.1) is 0 Å². The van der Waals surface area contributed by atoms with Gasteiger partial charge in [-0.25, -0.2) is 0 Å². The Labute approximate surface area is 408 Å². The van der Waals surface area contributed by atoms with Gasteiger partial charge in [0.2, 0.25) is 0 Å². The summed E-state index contributed by atoms with van der Waals surface area (Å²) in [4.78, 5) is 0. The fourth-order valence-electron chi connectivity index (χ4n) is 15.2. The molecule has 2 nitrogen and oxygen atoms in total. The second kappa shape index (κ2) is 14.5. The predicted molar refractivity (Wildman–Crippen MR) is 292 cm³/mol. The normalized spacial score (nSPS) is 20.9. The van der Waals surface area contributed by atoms with Crippen molar-refractivity contribution in [2.45, 2.75) is 37.5 Å². The van der Waals surface area contributed by atoms with E-state index in [1.807, 2.05) is 0 Å². The summed E-state index contributed by atoms with van der Waals surface area (Å²) in [6.07, 6.45) is 7.01. The zero-order valence-corrected chi connectivity index (χ0v) is 39.0. The fraction of sp³-hybridized carbons (Fsp3) is 0.147. The summed E-state index contributed by atoms with van der Waals surface area (Å²) in [7, 11) is 0. The summed E-state index contributed by atoms with van der Waals surface area (Å²) in [5.74, 6) is 3.28. The zero-order valence-electron chi connectivity index (χ0n) is 39.0. The van der Waals surface area contributed by atoms with Crippen LogP contribution >= 0.6 is 0 Å². The zero-order chi connectivity index (χ0) is 45.7. The summed E-state index contributed by atoms with van der Waals surface area (Å²) >= 11 is 0. The van der Waals surface area contributed by atoms with Crippen LogP contribution in [0.4, 0.5) is 0 Å². The molecular formula is C68H50N2. The molecule has 2 heteroatoms. The lowest BCUT2D eigenvalue weighted by Crippen LogP contribution is -2.55. The molecule has 0 amide bonds. The molecule has 1 spiro atoms. The van der Waals surface area contributed by atoms with E-state index in [1.165, 1.54) is 137 Å². The maximum atomic E-state index is 2.65. The van der Waals surface area contributed by atoms with Crippen LogP contribution in [0.1, 0.15) is 43.2 Å². The van der Waals surface area contributed by atoms with Gasteiger partial charge in [-0.1, -0.05) is 146 Å². The Hall–Kier alpha value is -7.94. The minimum absolute atomic E-state index is 0.116. The molecule has 2 heterocycles. The minimum Gasteiger partial charge on any atom is -0.309 e. The third-order valence-electron chi connectivity index (χ3n) is 17.9. The van der Waals surface area contributed by atoms with Crippen molar-refractivity contribution in [1.82, 2.24) is 9.13 Å². The topological polar surface area (TPSA) is 9.86 Å². The second-order valence-corrected chi connectivity index (χ2v) is 21.3. The van der Waals surface area contributed by atoms with E-state index in [0.717, 1.165) is 29.4 Å². The van der Waals surface area contributed by atoms with Crippen LogP contribution in [0.15, 0.2) is 218 Å². The molecule has 332 valence electrons. The quantitative estimate of drug-likeness (QED) is 0.163. The van der Waals surface area contributed by atoms with Crippen molar-refractivity contribution in [3.63, 3.8) is 0 Å². The van der Waals surface area contributed by atoms with Gasteiger partial charge < -0.3 is 9.13 Å². The Bertz CT molecular complexity index is 4100. The van der Waals surface area contributed by atoms with Gasteiger partial charge in [-0.3, -0.25) is 0 Å². The first kappa shape index (κ1) is 39.0. The minimum atomic E-state index is 0.116. The molecule has 4 saturated carbocycles. The molecule has 0 unspecified atom stereocenters. The molecule has 2 aromatic heterocycles. The molecule has 4 fully saturated rings. The summed E-state index contributed by atoms with van der Waals surface area (Å²) in [5.41, 5.74) is 21.0. The Kier molecular flexibility index (Phi) is 8.10. The highest BCUT2D eigenvalue weighted by molar-refractivity contribution is 6.13. The average molecular weight is 895 g/mol. The van der Waals surface area contributed by atoms with E-state index in [9.17, 15) is 0 Å². The van der Waals surface area contributed by atoms with Gasteiger partial charge in [-0.05, 0) is 195 Å². The van der Waals surface area contributed by atoms with Crippen molar-refractivity contribution in [1.29, 1.82) is 0 Å². The van der Waals surface area contributed by atoms with Crippen LogP contribution in [0.25, 0.3) is 110 Å². The fourth-order valence-corrected chi connectivity index (χ4v) is 15.2. The van der Waals surface area contributed by atoms with Crippen molar-refractivity contribution in [3.8, 4) is 55.9 Å². The molecule has 17 rings (SSSR count). The van der Waals surface area contributed by atoms with E-state index < -0.39 is 0 Å². The van der Waals surface area contributed by atoms with Crippen molar-refractivity contribution in [3.05, 3.63) is 230 Å². The van der Waals surface area contributed by atoms with E-state index in [0.29, 0.717) is 0 Å². The molecule has 10 aromatic carbocycles. The Morgan fingerprint density at radius 2 is 0.786 bits per heavy atom. The molecular weight excluding hydrogens is 845 g/mol. The Morgan fingerprint density at radius 1 is 0.300 bits per heavy atom. The second-order valence-electron chi connectivity index (χ2n) is 21.3. The maximum absolute atomic E-state index is 2.65. The van der Waals surface area contributed by atoms with Gasteiger partial charge in [0.1, 0.15) is 0 Å². The van der Waals surface area contributed by atoms with Crippen LogP contribution in [0.3, 0.4) is 0 Å². The van der Waals surface area contributed by atoms with Crippen LogP contribution in [0.5, 0.6) is 0 Å². The lowest BCUT2D eigenvalue weighted by atomic mass is 9.43. The molecule has 12 aromatic rings. The smallest absolute Gasteiger partial charge is 0.0541 e. The van der Waals surface area contributed by atoms with Gasteiger partial charge in [0.25, 0.3) is 0 Å². The van der Waals surface area contributed by atoms with E-state index >= 15 is 0 Å². The monoisotopic (exact) mass is 894 g/mol. The highest BCUT2D eigenvalue weighted by Crippen LogP contribution is 2.69. The molecule has 0 aliphatic heterocycles. The molecule has 0 saturated heterocycles. The molecule has 5 aliphatic carbocycles. The van der Waals surface area contributed by atoms with Crippen LogP contribution in [-0.2, 0) is 5.41 Å². The van der Waals surface area contributed by atoms with Crippen molar-refractivity contribution in [2.24, 2.45) is 23.7 Å². The standard InChI is InChI=1S/C68H50N2/c1-2-10-44(11-3-1)49-22-29-66-60(38-49)61-40-51(24-31-67(61)70(66)55-27-28-57-56-14-6-8-16-62(56)68(63(57)41-55)52-33-42-32-43(35-52)36-53(68)34-42)50-23-30-65-59(39-50)58-15-7-9-17-64(58)69(65)54-25-20-46(21-26-54)48-19-18-45-12-4-5-13-47(45)37-48/h1-31,37-43,52-53H,32-36H2. The molecule has 4 bridgehead atoms. The van der Waals surface area contributed by atoms with E-state index in [4.69, 9.17) is 0 Å². The van der Waals surface area contributed by atoms with Gasteiger partial charge in [0, 0.05) is 38.3 Å². The summed E-state index contributed by atoms with van der Waals surface area (Å²) < 4.78 is 5.02. The largest absolute Gasteiger partial charge is 0.309 e. The lowest BCUT2D eigenvalue weighted by molar-refractivity contribution is -0.0399. The van der Waals surface area contributed by atoms with E-state index in [1.54, 1.807) is 11.1 Å². The summed E-state index contributed by atoms with van der Waals surface area (Å²) in [5, 5.41) is 7.63. The Balaban J connectivity index is 0.843. The molecule has 0 radical (unpaired) electrons. The number of hydrogen-bond acceptors (Lipinski definition) is 0. The van der Waals surface area contributed by atoms with Crippen molar-refractivity contribution >= 4 is 54.4 Å². The number of aromatic nitrogens is 2. The number of rotatable bonds is 5. The lowest BCUT2D eigenvalue weighted by Gasteiger charge is -2.61. The van der Waals surface area contributed by atoms with E-state index in [-0.39, 0.29) is 5.41 Å². The highest BCUT2D eigenvalue weighted by Gasteiger charge is 2.61. The van der Waals surface area contributed by atoms with Crippen LogP contribution in [-0.4, -0.2) is 9.13 Å². The Morgan fingerprint density at radius 3 is 1.50 bits per heavy atom. The van der Waals surface area contributed by atoms with Crippen LogP contribution in [0.2, 0.25) is 0 Å². The molecule has 5 aliphatic rings. The van der Waals surface area contributed by atoms with Gasteiger partial charge in [0.15, 0.2) is 0 Å². The van der Waals surface area contributed by atoms with Gasteiger partial charge in [0.05, 0.1) is 22.1 Å². The van der Waals surface area contributed by atoms with Gasteiger partial charge >= 0.3 is 0 Å². The van der Waals surface area contributed by atoms with E-state index in [2.05, 4.69) is 228 Å². The third-order valence-corrected chi connectivity index (χ3v) is 17.9. The first-order valence-corrected chi connectivity index (χ1v) is 25.7. The van der Waals surface area contributed by atoms with Gasteiger partial charge in [-0.2, -0.15) is 0 Å². The number of para-hydroxylation sites is 1. The van der Waals surface area contributed by atoms with Crippen LogP contribution in [0, 0.1) is 23.7 Å². The molecule has 0 atom stereocenters.